The molecule has 0 saturated carbocycles. The van der Waals surface area contributed by atoms with Crippen molar-refractivity contribution in [3.05, 3.63) is 187 Å². The lowest BCUT2D eigenvalue weighted by Gasteiger charge is -2.24. The van der Waals surface area contributed by atoms with Crippen LogP contribution in [-0.2, 0) is 5.41 Å². The van der Waals surface area contributed by atoms with Crippen molar-refractivity contribution in [2.24, 2.45) is 0 Å². The van der Waals surface area contributed by atoms with Crippen molar-refractivity contribution in [3.8, 4) is 67.5 Å². The van der Waals surface area contributed by atoms with Crippen LogP contribution in [0.1, 0.15) is 25.0 Å². The van der Waals surface area contributed by atoms with Crippen molar-refractivity contribution >= 4 is 42.3 Å². The van der Waals surface area contributed by atoms with Gasteiger partial charge < -0.3 is 0 Å². The van der Waals surface area contributed by atoms with Gasteiger partial charge in [-0.1, -0.05) is 172 Å². The Balaban J connectivity index is 1.05. The molecular formula is C52H35N3S. The van der Waals surface area contributed by atoms with Gasteiger partial charge >= 0.3 is 0 Å². The summed E-state index contributed by atoms with van der Waals surface area (Å²) in [6.45, 7) is 4.75. The van der Waals surface area contributed by atoms with E-state index in [0.717, 1.165) is 33.2 Å². The van der Waals surface area contributed by atoms with E-state index >= 15 is 0 Å². The molecule has 0 fully saturated rings. The van der Waals surface area contributed by atoms with Gasteiger partial charge in [-0.3, -0.25) is 0 Å². The minimum Gasteiger partial charge on any atom is -0.208 e. The Morgan fingerprint density at radius 1 is 0.375 bits per heavy atom. The van der Waals surface area contributed by atoms with E-state index < -0.39 is 0 Å². The molecule has 3 nitrogen and oxygen atoms in total. The van der Waals surface area contributed by atoms with E-state index in [0.29, 0.717) is 17.5 Å². The highest BCUT2D eigenvalue weighted by atomic mass is 32.1. The zero-order valence-electron chi connectivity index (χ0n) is 31.0. The summed E-state index contributed by atoms with van der Waals surface area (Å²) in [6, 6.07) is 62.9. The van der Waals surface area contributed by atoms with Gasteiger partial charge in [-0.15, -0.1) is 11.3 Å². The first-order valence-electron chi connectivity index (χ1n) is 19.1. The highest BCUT2D eigenvalue weighted by molar-refractivity contribution is 7.26. The van der Waals surface area contributed by atoms with E-state index in [1.54, 1.807) is 0 Å². The number of aromatic nitrogens is 3. The van der Waals surface area contributed by atoms with Crippen LogP contribution in [0.5, 0.6) is 0 Å². The van der Waals surface area contributed by atoms with Gasteiger partial charge in [0.25, 0.3) is 0 Å². The van der Waals surface area contributed by atoms with Crippen LogP contribution in [0, 0.1) is 0 Å². The lowest BCUT2D eigenvalue weighted by Crippen LogP contribution is -2.15. The van der Waals surface area contributed by atoms with Crippen LogP contribution in [0.4, 0.5) is 0 Å². The van der Waals surface area contributed by atoms with Gasteiger partial charge in [0.15, 0.2) is 17.5 Å². The second kappa shape index (κ2) is 12.7. The van der Waals surface area contributed by atoms with Crippen LogP contribution >= 0.6 is 11.3 Å². The van der Waals surface area contributed by atoms with Crippen LogP contribution < -0.4 is 0 Å². The van der Waals surface area contributed by atoms with E-state index in [2.05, 4.69) is 166 Å². The van der Waals surface area contributed by atoms with Gasteiger partial charge in [-0.2, -0.15) is 0 Å². The third-order valence-electron chi connectivity index (χ3n) is 11.5. The van der Waals surface area contributed by atoms with Crippen molar-refractivity contribution in [1.29, 1.82) is 0 Å². The Labute approximate surface area is 329 Å². The number of nitrogens with zero attached hydrogens (tertiary/aromatic N) is 3. The normalized spacial score (nSPS) is 13.0. The Hall–Kier alpha value is -6.75. The van der Waals surface area contributed by atoms with Crippen molar-refractivity contribution in [2.75, 3.05) is 0 Å². The molecule has 264 valence electrons. The Morgan fingerprint density at radius 3 is 1.80 bits per heavy atom. The Morgan fingerprint density at radius 2 is 0.982 bits per heavy atom. The molecule has 0 saturated heterocycles. The fourth-order valence-electron chi connectivity index (χ4n) is 8.83. The van der Waals surface area contributed by atoms with Crippen molar-refractivity contribution < 1.29 is 0 Å². The predicted octanol–water partition coefficient (Wildman–Crippen LogP) is 14.0. The van der Waals surface area contributed by atoms with E-state index in [1.165, 1.54) is 58.9 Å². The second-order valence-corrected chi connectivity index (χ2v) is 16.2. The maximum absolute atomic E-state index is 5.22. The lowest BCUT2D eigenvalue weighted by atomic mass is 9.79. The summed E-state index contributed by atoms with van der Waals surface area (Å²) in [7, 11) is 0. The predicted molar refractivity (Wildman–Crippen MR) is 235 cm³/mol. The van der Waals surface area contributed by atoms with Crippen LogP contribution in [0.25, 0.3) is 98.5 Å². The molecule has 0 unspecified atom stereocenters. The number of fused-ring (bicyclic) bond motifs is 8. The smallest absolute Gasteiger partial charge is 0.164 e. The van der Waals surface area contributed by atoms with E-state index in [4.69, 9.17) is 15.0 Å². The van der Waals surface area contributed by atoms with Crippen LogP contribution in [0.3, 0.4) is 0 Å². The van der Waals surface area contributed by atoms with Gasteiger partial charge in [0.2, 0.25) is 0 Å². The largest absolute Gasteiger partial charge is 0.208 e. The average Bonchev–Trinajstić information content (AvgIpc) is 3.75. The molecule has 0 atom stereocenters. The molecule has 2 aromatic heterocycles. The topological polar surface area (TPSA) is 38.7 Å². The van der Waals surface area contributed by atoms with Crippen molar-refractivity contribution in [3.63, 3.8) is 0 Å². The third-order valence-corrected chi connectivity index (χ3v) is 12.7. The minimum atomic E-state index is -0.232. The number of hydrogen-bond acceptors (Lipinski definition) is 4. The quantitative estimate of drug-likeness (QED) is 0.177. The van der Waals surface area contributed by atoms with Crippen LogP contribution in [0.2, 0.25) is 0 Å². The fourth-order valence-corrected chi connectivity index (χ4v) is 10.1. The lowest BCUT2D eigenvalue weighted by molar-refractivity contribution is 0.666. The van der Waals surface area contributed by atoms with Crippen molar-refractivity contribution in [1.82, 2.24) is 15.0 Å². The van der Waals surface area contributed by atoms with E-state index in [1.807, 2.05) is 35.6 Å². The number of benzene rings is 8. The molecule has 0 radical (unpaired) electrons. The molecule has 2 heterocycles. The zero-order chi connectivity index (χ0) is 37.4. The summed E-state index contributed by atoms with van der Waals surface area (Å²) in [5.41, 5.74) is 12.8. The summed E-state index contributed by atoms with van der Waals surface area (Å²) in [6.07, 6.45) is 0. The molecule has 1 aliphatic rings. The Bertz CT molecular complexity index is 3160. The molecule has 8 aromatic carbocycles. The van der Waals surface area contributed by atoms with Gasteiger partial charge in [-0.25, -0.2) is 15.0 Å². The molecular weight excluding hydrogens is 699 g/mol. The molecule has 1 aliphatic carbocycles. The first kappa shape index (κ1) is 32.7. The second-order valence-electron chi connectivity index (χ2n) is 15.2. The van der Waals surface area contributed by atoms with Gasteiger partial charge in [0.05, 0.1) is 0 Å². The van der Waals surface area contributed by atoms with Crippen molar-refractivity contribution in [2.45, 2.75) is 19.3 Å². The highest BCUT2D eigenvalue weighted by Gasteiger charge is 2.37. The number of hydrogen-bond donors (Lipinski definition) is 0. The van der Waals surface area contributed by atoms with Crippen LogP contribution in [0.15, 0.2) is 176 Å². The van der Waals surface area contributed by atoms with Gasteiger partial charge in [0.1, 0.15) is 0 Å². The minimum absolute atomic E-state index is 0.232. The van der Waals surface area contributed by atoms with E-state index in [-0.39, 0.29) is 5.41 Å². The number of thiophene rings is 1. The maximum atomic E-state index is 5.22. The van der Waals surface area contributed by atoms with Gasteiger partial charge in [-0.05, 0) is 73.5 Å². The van der Waals surface area contributed by atoms with Crippen LogP contribution in [-0.4, -0.2) is 15.0 Å². The molecule has 11 rings (SSSR count). The number of rotatable bonds is 5. The molecule has 0 N–H and O–H groups in total. The first-order chi connectivity index (χ1) is 27.5. The van der Waals surface area contributed by atoms with Gasteiger partial charge in [0, 0.05) is 42.3 Å². The summed E-state index contributed by atoms with van der Waals surface area (Å²) in [5, 5.41) is 5.01. The summed E-state index contributed by atoms with van der Waals surface area (Å²) in [5.74, 6) is 1.97. The monoisotopic (exact) mass is 733 g/mol. The summed E-state index contributed by atoms with van der Waals surface area (Å²) < 4.78 is 2.67. The molecule has 56 heavy (non-hydrogen) atoms. The molecule has 0 aliphatic heterocycles. The third kappa shape index (κ3) is 5.14. The SMILES string of the molecule is CC1(C)c2cc(-c3cccc4c3sc3ccccc34)ccc2-c2ccc3c(-c4nc(-c5ccccc5)nc(-c5cccc(-c6ccccc6)c5)n4)cccc3c21. The highest BCUT2D eigenvalue weighted by Crippen LogP contribution is 2.53. The average molecular weight is 734 g/mol. The Kier molecular flexibility index (Phi) is 7.38. The summed E-state index contributed by atoms with van der Waals surface area (Å²) in [4.78, 5) is 15.4. The van der Waals surface area contributed by atoms with E-state index in [9.17, 15) is 0 Å². The standard InChI is InChI=1S/C52H35N3S/c1-52(2)45-31-35(37-21-12-23-43-40-20-9-10-25-46(40)56-48(37)43)26-27-39(45)42-29-28-38-41(47(42)52)22-13-24-44(38)51-54-49(33-16-7-4-8-17-33)53-50(55-51)36-19-11-18-34(30-36)32-14-5-3-6-15-32/h3-31H,1-2H3. The molecule has 0 amide bonds. The molecule has 0 spiro atoms. The summed E-state index contributed by atoms with van der Waals surface area (Å²) >= 11 is 1.89. The maximum Gasteiger partial charge on any atom is 0.164 e. The molecule has 4 heteroatoms. The molecule has 0 bridgehead atoms. The zero-order valence-corrected chi connectivity index (χ0v) is 31.8. The fraction of sp³-hybridized carbons (Fsp3) is 0.0577. The first-order valence-corrected chi connectivity index (χ1v) is 19.9. The molecule has 10 aromatic rings.